The molecule has 156 valence electrons. The summed E-state index contributed by atoms with van der Waals surface area (Å²) in [5.74, 6) is -0.0971. The SMILES string of the molecule is COc1ccc(S(=O)(=O)N2CCCCC2)cc1C(=O)Nc1ccc(N(C)C)cc1. The number of ether oxygens (including phenoxy) is 1. The fourth-order valence-corrected chi connectivity index (χ4v) is 4.86. The first-order valence-corrected chi connectivity index (χ1v) is 11.0. The summed E-state index contributed by atoms with van der Waals surface area (Å²) in [4.78, 5) is 14.9. The second kappa shape index (κ2) is 8.84. The Morgan fingerprint density at radius 1 is 1.03 bits per heavy atom. The van der Waals surface area contributed by atoms with Crippen LogP contribution in [0.3, 0.4) is 0 Å². The summed E-state index contributed by atoms with van der Waals surface area (Å²) in [6, 6.07) is 11.8. The van der Waals surface area contributed by atoms with E-state index >= 15 is 0 Å². The number of benzene rings is 2. The van der Waals surface area contributed by atoms with Crippen molar-refractivity contribution >= 4 is 27.3 Å². The van der Waals surface area contributed by atoms with Crippen molar-refractivity contribution in [1.82, 2.24) is 4.31 Å². The van der Waals surface area contributed by atoms with E-state index in [2.05, 4.69) is 5.32 Å². The molecule has 1 saturated heterocycles. The number of carbonyl (C=O) groups is 1. The van der Waals surface area contributed by atoms with E-state index in [-0.39, 0.29) is 10.5 Å². The summed E-state index contributed by atoms with van der Waals surface area (Å²) in [7, 11) is 1.69. The van der Waals surface area contributed by atoms with Crippen LogP contribution < -0.4 is 15.0 Å². The Morgan fingerprint density at radius 3 is 2.28 bits per heavy atom. The van der Waals surface area contributed by atoms with Gasteiger partial charge in [0, 0.05) is 38.6 Å². The van der Waals surface area contributed by atoms with Crippen LogP contribution in [0.1, 0.15) is 29.6 Å². The molecule has 1 aliphatic heterocycles. The van der Waals surface area contributed by atoms with Gasteiger partial charge < -0.3 is 15.0 Å². The monoisotopic (exact) mass is 417 g/mol. The van der Waals surface area contributed by atoms with Crippen LogP contribution in [0.5, 0.6) is 5.75 Å². The number of nitrogens with zero attached hydrogens (tertiary/aromatic N) is 2. The third-order valence-electron chi connectivity index (χ3n) is 5.01. The highest BCUT2D eigenvalue weighted by Gasteiger charge is 2.27. The average Bonchev–Trinajstić information content (AvgIpc) is 2.74. The molecule has 1 N–H and O–H groups in total. The van der Waals surface area contributed by atoms with Gasteiger partial charge in [0.15, 0.2) is 0 Å². The number of hydrogen-bond acceptors (Lipinski definition) is 5. The highest BCUT2D eigenvalue weighted by atomic mass is 32.2. The van der Waals surface area contributed by atoms with Crippen LogP contribution in [0, 0.1) is 0 Å². The number of nitrogens with one attached hydrogen (secondary N) is 1. The maximum Gasteiger partial charge on any atom is 0.259 e. The predicted octanol–water partition coefficient (Wildman–Crippen LogP) is 3.19. The van der Waals surface area contributed by atoms with E-state index in [9.17, 15) is 13.2 Å². The number of methoxy groups -OCH3 is 1. The summed E-state index contributed by atoms with van der Waals surface area (Å²) >= 11 is 0. The standard InChI is InChI=1S/C21H27N3O4S/c1-23(2)17-9-7-16(8-10-17)22-21(25)19-15-18(11-12-20(19)28-3)29(26,27)24-13-5-4-6-14-24/h7-12,15H,4-6,13-14H2,1-3H3,(H,22,25). The quantitative estimate of drug-likeness (QED) is 0.781. The van der Waals surface area contributed by atoms with E-state index in [4.69, 9.17) is 4.74 Å². The zero-order valence-corrected chi connectivity index (χ0v) is 17.8. The Labute approximate surface area is 172 Å². The zero-order valence-electron chi connectivity index (χ0n) is 17.0. The third-order valence-corrected chi connectivity index (χ3v) is 6.90. The number of rotatable bonds is 6. The van der Waals surface area contributed by atoms with Gasteiger partial charge in [-0.15, -0.1) is 0 Å². The van der Waals surface area contributed by atoms with Crippen molar-refractivity contribution in [3.05, 3.63) is 48.0 Å². The van der Waals surface area contributed by atoms with Gasteiger partial charge in [-0.3, -0.25) is 4.79 Å². The van der Waals surface area contributed by atoms with E-state index in [1.165, 1.54) is 29.6 Å². The molecule has 1 aliphatic rings. The smallest absolute Gasteiger partial charge is 0.259 e. The predicted molar refractivity (Wildman–Crippen MR) is 114 cm³/mol. The molecule has 0 radical (unpaired) electrons. The molecule has 0 aromatic heterocycles. The number of carbonyl (C=O) groups excluding carboxylic acids is 1. The lowest BCUT2D eigenvalue weighted by Gasteiger charge is -2.26. The molecule has 7 nitrogen and oxygen atoms in total. The van der Waals surface area contributed by atoms with Crippen molar-refractivity contribution in [2.45, 2.75) is 24.2 Å². The van der Waals surface area contributed by atoms with Gasteiger partial charge in [0.25, 0.3) is 5.91 Å². The van der Waals surface area contributed by atoms with Crippen LogP contribution >= 0.6 is 0 Å². The largest absolute Gasteiger partial charge is 0.496 e. The van der Waals surface area contributed by atoms with Crippen molar-refractivity contribution in [3.8, 4) is 5.75 Å². The van der Waals surface area contributed by atoms with Gasteiger partial charge in [0.2, 0.25) is 10.0 Å². The van der Waals surface area contributed by atoms with Crippen LogP contribution in [-0.2, 0) is 10.0 Å². The lowest BCUT2D eigenvalue weighted by molar-refractivity contribution is 0.102. The number of anilines is 2. The molecule has 29 heavy (non-hydrogen) atoms. The fourth-order valence-electron chi connectivity index (χ4n) is 3.32. The zero-order chi connectivity index (χ0) is 21.0. The molecule has 0 atom stereocenters. The third kappa shape index (κ3) is 4.71. The number of hydrogen-bond donors (Lipinski definition) is 1. The molecule has 8 heteroatoms. The van der Waals surface area contributed by atoms with Gasteiger partial charge >= 0.3 is 0 Å². The summed E-state index contributed by atoms with van der Waals surface area (Å²) in [5, 5.41) is 2.81. The van der Waals surface area contributed by atoms with Crippen molar-refractivity contribution < 1.29 is 17.9 Å². The minimum atomic E-state index is -3.64. The van der Waals surface area contributed by atoms with Crippen molar-refractivity contribution in [2.75, 3.05) is 44.5 Å². The van der Waals surface area contributed by atoms with Gasteiger partial charge in [-0.25, -0.2) is 8.42 Å². The topological polar surface area (TPSA) is 79.0 Å². The van der Waals surface area contributed by atoms with Crippen LogP contribution in [0.4, 0.5) is 11.4 Å². The summed E-state index contributed by atoms with van der Waals surface area (Å²) in [6.07, 6.45) is 2.74. The van der Waals surface area contributed by atoms with Gasteiger partial charge in [-0.2, -0.15) is 4.31 Å². The molecule has 1 amide bonds. The number of piperidine rings is 1. The minimum absolute atomic E-state index is 0.105. The van der Waals surface area contributed by atoms with E-state index < -0.39 is 15.9 Å². The summed E-state index contributed by atoms with van der Waals surface area (Å²) in [6.45, 7) is 1.02. The van der Waals surface area contributed by atoms with E-state index in [0.717, 1.165) is 24.9 Å². The maximum absolute atomic E-state index is 13.0. The molecular weight excluding hydrogens is 390 g/mol. The molecule has 0 unspecified atom stereocenters. The molecule has 2 aromatic carbocycles. The Morgan fingerprint density at radius 2 is 1.69 bits per heavy atom. The van der Waals surface area contributed by atoms with Crippen LogP contribution in [-0.4, -0.2) is 52.9 Å². The molecule has 1 heterocycles. The Balaban J connectivity index is 1.87. The van der Waals surface area contributed by atoms with E-state index in [1.807, 2.05) is 31.1 Å². The molecule has 0 spiro atoms. The Kier molecular flexibility index (Phi) is 6.44. The molecule has 1 fully saturated rings. The molecule has 2 aromatic rings. The fraction of sp³-hybridized carbons (Fsp3) is 0.381. The molecule has 0 aliphatic carbocycles. The van der Waals surface area contributed by atoms with Crippen LogP contribution in [0.2, 0.25) is 0 Å². The number of sulfonamides is 1. The van der Waals surface area contributed by atoms with Crippen LogP contribution in [0.15, 0.2) is 47.4 Å². The van der Waals surface area contributed by atoms with Crippen molar-refractivity contribution in [2.24, 2.45) is 0 Å². The molecule has 0 saturated carbocycles. The van der Waals surface area contributed by atoms with Gasteiger partial charge in [-0.1, -0.05) is 6.42 Å². The van der Waals surface area contributed by atoms with Crippen LogP contribution in [0.25, 0.3) is 0 Å². The number of amides is 1. The Hall–Kier alpha value is -2.58. The second-order valence-corrected chi connectivity index (χ2v) is 9.16. The summed E-state index contributed by atoms with van der Waals surface area (Å²) < 4.78 is 32.7. The molecule has 3 rings (SSSR count). The molecule has 0 bridgehead atoms. The maximum atomic E-state index is 13.0. The van der Waals surface area contributed by atoms with Crippen molar-refractivity contribution in [1.29, 1.82) is 0 Å². The van der Waals surface area contributed by atoms with Crippen molar-refractivity contribution in [3.63, 3.8) is 0 Å². The normalized spacial score (nSPS) is 15.0. The van der Waals surface area contributed by atoms with Gasteiger partial charge in [0.05, 0.1) is 17.6 Å². The molecular formula is C21H27N3O4S. The highest BCUT2D eigenvalue weighted by Crippen LogP contribution is 2.27. The lowest BCUT2D eigenvalue weighted by Crippen LogP contribution is -2.35. The van der Waals surface area contributed by atoms with Gasteiger partial charge in [-0.05, 0) is 55.3 Å². The second-order valence-electron chi connectivity index (χ2n) is 7.22. The highest BCUT2D eigenvalue weighted by molar-refractivity contribution is 7.89. The summed E-state index contributed by atoms with van der Waals surface area (Å²) in [5.41, 5.74) is 1.81. The Bertz CT molecular complexity index is 966. The van der Waals surface area contributed by atoms with E-state index in [0.29, 0.717) is 24.5 Å². The first kappa shape index (κ1) is 21.1. The van der Waals surface area contributed by atoms with Gasteiger partial charge in [0.1, 0.15) is 5.75 Å². The van der Waals surface area contributed by atoms with E-state index in [1.54, 1.807) is 12.1 Å². The first-order valence-electron chi connectivity index (χ1n) is 9.60. The first-order chi connectivity index (χ1) is 13.8. The minimum Gasteiger partial charge on any atom is -0.496 e. The average molecular weight is 418 g/mol. The lowest BCUT2D eigenvalue weighted by atomic mass is 10.1.